The summed E-state index contributed by atoms with van der Waals surface area (Å²) in [6, 6.07) is 4.67. The Bertz CT molecular complexity index is 1120. The molecule has 0 spiro atoms. The number of hydrogen-bond donors (Lipinski definition) is 0. The second-order valence-corrected chi connectivity index (χ2v) is 8.17. The first kappa shape index (κ1) is 22.8. The number of esters is 1. The Kier molecular flexibility index (Phi) is 6.90. The topological polar surface area (TPSA) is 111 Å². The van der Waals surface area contributed by atoms with Gasteiger partial charge in [0.1, 0.15) is 5.82 Å². The Morgan fingerprint density at radius 3 is 2.48 bits per heavy atom. The van der Waals surface area contributed by atoms with E-state index >= 15 is 0 Å². The Morgan fingerprint density at radius 1 is 0.970 bits per heavy atom. The molecule has 0 atom stereocenters. The van der Waals surface area contributed by atoms with Crippen LogP contribution in [-0.4, -0.2) is 76.7 Å². The third-order valence-electron chi connectivity index (χ3n) is 6.04. The quantitative estimate of drug-likeness (QED) is 0.642. The molecule has 33 heavy (non-hydrogen) atoms. The molecular formula is C23H28N4O6. The highest BCUT2D eigenvalue weighted by molar-refractivity contribution is 5.95. The molecule has 10 nitrogen and oxygen atoms in total. The van der Waals surface area contributed by atoms with E-state index in [2.05, 4.69) is 4.98 Å². The van der Waals surface area contributed by atoms with Gasteiger partial charge in [0, 0.05) is 39.1 Å². The van der Waals surface area contributed by atoms with Crippen molar-refractivity contribution in [2.45, 2.75) is 39.2 Å². The van der Waals surface area contributed by atoms with Crippen LogP contribution in [0.5, 0.6) is 0 Å². The molecule has 1 fully saturated rings. The molecule has 0 saturated carbocycles. The summed E-state index contributed by atoms with van der Waals surface area (Å²) in [6.45, 7) is 3.76. The zero-order valence-electron chi connectivity index (χ0n) is 18.7. The predicted molar refractivity (Wildman–Crippen MR) is 119 cm³/mol. The van der Waals surface area contributed by atoms with E-state index in [1.54, 1.807) is 33.4 Å². The van der Waals surface area contributed by atoms with E-state index < -0.39 is 18.7 Å². The molecule has 10 heteroatoms. The van der Waals surface area contributed by atoms with Gasteiger partial charge in [0.15, 0.2) is 6.61 Å². The summed E-state index contributed by atoms with van der Waals surface area (Å²) in [7, 11) is 0. The van der Waals surface area contributed by atoms with Crippen LogP contribution >= 0.6 is 0 Å². The highest BCUT2D eigenvalue weighted by Crippen LogP contribution is 2.17. The predicted octanol–water partition coefficient (Wildman–Crippen LogP) is 1.58. The fourth-order valence-electron chi connectivity index (χ4n) is 4.20. The van der Waals surface area contributed by atoms with Gasteiger partial charge in [-0.15, -0.1) is 0 Å². The molecule has 3 heterocycles. The normalized spacial score (nSPS) is 16.2. The maximum absolute atomic E-state index is 12.8. The first-order valence-corrected chi connectivity index (χ1v) is 11.4. The third kappa shape index (κ3) is 4.99. The average Bonchev–Trinajstić information content (AvgIpc) is 3.08. The van der Waals surface area contributed by atoms with Crippen LogP contribution in [0.15, 0.2) is 23.0 Å². The van der Waals surface area contributed by atoms with E-state index in [0.717, 1.165) is 31.5 Å². The highest BCUT2D eigenvalue weighted by atomic mass is 16.6. The Morgan fingerprint density at radius 2 is 1.73 bits per heavy atom. The Hall–Kier alpha value is -3.43. The van der Waals surface area contributed by atoms with Crippen molar-refractivity contribution < 1.29 is 23.9 Å². The number of aryl methyl sites for hydroxylation is 1. The molecule has 2 amide bonds. The van der Waals surface area contributed by atoms with Crippen LogP contribution in [-0.2, 0) is 27.2 Å². The molecule has 0 bridgehead atoms. The molecule has 0 N–H and O–H groups in total. The lowest BCUT2D eigenvalue weighted by Gasteiger charge is -2.33. The molecule has 1 aromatic heterocycles. The van der Waals surface area contributed by atoms with Gasteiger partial charge in [0.25, 0.3) is 11.5 Å². The lowest BCUT2D eigenvalue weighted by atomic mass is 10.1. The molecule has 2 aromatic rings. The summed E-state index contributed by atoms with van der Waals surface area (Å²) in [6.07, 6.45) is 3.34. The number of nitrogens with zero attached hydrogens (tertiary/aromatic N) is 4. The number of amides is 2. The lowest BCUT2D eigenvalue weighted by Crippen LogP contribution is -2.51. The van der Waals surface area contributed by atoms with Gasteiger partial charge in [0.2, 0.25) is 0 Å². The summed E-state index contributed by atoms with van der Waals surface area (Å²) < 4.78 is 11.9. The van der Waals surface area contributed by atoms with Gasteiger partial charge in [0.05, 0.1) is 23.1 Å². The monoisotopic (exact) mass is 456 g/mol. The molecule has 176 valence electrons. The molecule has 4 rings (SSSR count). The van der Waals surface area contributed by atoms with Crippen LogP contribution in [0.2, 0.25) is 0 Å². The lowest BCUT2D eigenvalue weighted by molar-refractivity contribution is -0.136. The fourth-order valence-corrected chi connectivity index (χ4v) is 4.20. The van der Waals surface area contributed by atoms with Crippen LogP contribution in [0.25, 0.3) is 10.9 Å². The second kappa shape index (κ2) is 10.0. The molecule has 2 aliphatic heterocycles. The zero-order valence-corrected chi connectivity index (χ0v) is 18.7. The largest absolute Gasteiger partial charge is 0.452 e. The molecule has 0 radical (unpaired) electrons. The van der Waals surface area contributed by atoms with Crippen LogP contribution < -0.4 is 5.56 Å². The minimum Gasteiger partial charge on any atom is -0.452 e. The van der Waals surface area contributed by atoms with E-state index in [4.69, 9.17) is 9.47 Å². The highest BCUT2D eigenvalue weighted by Gasteiger charge is 2.25. The van der Waals surface area contributed by atoms with Crippen LogP contribution in [0.1, 0.15) is 42.4 Å². The number of hydrogen-bond acceptors (Lipinski definition) is 7. The molecule has 0 unspecified atom stereocenters. The summed E-state index contributed by atoms with van der Waals surface area (Å²) in [5, 5.41) is 0.466. The number of fused-ring (bicyclic) bond motifs is 2. The SMILES string of the molecule is CCOC(=O)N1CCN(C(=O)COC(=O)c2ccc3c(=O)n4c(nc3c2)CCCCC4)CC1. The van der Waals surface area contributed by atoms with Crippen LogP contribution in [0.3, 0.4) is 0 Å². The van der Waals surface area contributed by atoms with E-state index in [1.165, 1.54) is 6.07 Å². The van der Waals surface area contributed by atoms with Gasteiger partial charge in [-0.1, -0.05) is 6.42 Å². The average molecular weight is 456 g/mol. The second-order valence-electron chi connectivity index (χ2n) is 8.17. The van der Waals surface area contributed by atoms with Crippen LogP contribution in [0, 0.1) is 0 Å². The van der Waals surface area contributed by atoms with Crippen molar-refractivity contribution in [3.63, 3.8) is 0 Å². The third-order valence-corrected chi connectivity index (χ3v) is 6.04. The zero-order chi connectivity index (χ0) is 23.4. The first-order valence-electron chi connectivity index (χ1n) is 11.4. The van der Waals surface area contributed by atoms with Crippen molar-refractivity contribution in [1.82, 2.24) is 19.4 Å². The molecular weight excluding hydrogens is 428 g/mol. The smallest absolute Gasteiger partial charge is 0.409 e. The number of carbonyl (C=O) groups is 3. The number of benzene rings is 1. The van der Waals surface area contributed by atoms with Gasteiger partial charge in [-0.2, -0.15) is 0 Å². The molecule has 2 aliphatic rings. The number of aromatic nitrogens is 2. The Balaban J connectivity index is 1.37. The molecule has 1 aromatic carbocycles. The number of ether oxygens (including phenoxy) is 2. The first-order chi connectivity index (χ1) is 16.0. The van der Waals surface area contributed by atoms with E-state index in [0.29, 0.717) is 50.2 Å². The van der Waals surface area contributed by atoms with Crippen molar-refractivity contribution >= 4 is 28.9 Å². The maximum atomic E-state index is 12.8. The van der Waals surface area contributed by atoms with E-state index in [9.17, 15) is 19.2 Å². The summed E-state index contributed by atoms with van der Waals surface area (Å²) >= 11 is 0. The molecule has 0 aliphatic carbocycles. The van der Waals surface area contributed by atoms with Gasteiger partial charge >= 0.3 is 12.1 Å². The number of piperazine rings is 1. The van der Waals surface area contributed by atoms with Gasteiger partial charge in [-0.3, -0.25) is 14.2 Å². The van der Waals surface area contributed by atoms with E-state index in [1.807, 2.05) is 0 Å². The summed E-state index contributed by atoms with van der Waals surface area (Å²) in [4.78, 5) is 57.3. The fraction of sp³-hybridized carbons (Fsp3) is 0.522. The van der Waals surface area contributed by atoms with Crippen molar-refractivity contribution in [2.24, 2.45) is 0 Å². The van der Waals surface area contributed by atoms with Gasteiger partial charge < -0.3 is 19.3 Å². The van der Waals surface area contributed by atoms with Gasteiger partial charge in [-0.05, 0) is 38.0 Å². The maximum Gasteiger partial charge on any atom is 0.409 e. The van der Waals surface area contributed by atoms with Crippen molar-refractivity contribution in [2.75, 3.05) is 39.4 Å². The van der Waals surface area contributed by atoms with Crippen LogP contribution in [0.4, 0.5) is 4.79 Å². The number of rotatable bonds is 4. The summed E-state index contributed by atoms with van der Waals surface area (Å²) in [5.41, 5.74) is 0.617. The minimum absolute atomic E-state index is 0.0889. The van der Waals surface area contributed by atoms with Crippen molar-refractivity contribution in [3.8, 4) is 0 Å². The number of carbonyl (C=O) groups excluding carboxylic acids is 3. The minimum atomic E-state index is -0.646. The van der Waals surface area contributed by atoms with Crippen molar-refractivity contribution in [3.05, 3.63) is 39.9 Å². The standard InChI is InChI=1S/C23H28N4O6/c1-2-32-23(31)26-12-10-25(11-13-26)20(28)15-33-22(30)16-7-8-17-18(14-16)24-19-6-4-3-5-9-27(19)21(17)29/h7-8,14H,2-6,9-13,15H2,1H3. The molecule has 1 saturated heterocycles. The van der Waals surface area contributed by atoms with Crippen molar-refractivity contribution in [1.29, 1.82) is 0 Å². The summed E-state index contributed by atoms with van der Waals surface area (Å²) in [5.74, 6) is -0.228. The van der Waals surface area contributed by atoms with E-state index in [-0.39, 0.29) is 17.0 Å². The van der Waals surface area contributed by atoms with Gasteiger partial charge in [-0.25, -0.2) is 14.6 Å². The Labute approximate surface area is 191 Å².